The highest BCUT2D eigenvalue weighted by Crippen LogP contribution is 2.24. The van der Waals surface area contributed by atoms with Crippen molar-refractivity contribution >= 4 is 33.3 Å². The van der Waals surface area contributed by atoms with Gasteiger partial charge < -0.3 is 0 Å². The predicted octanol–water partition coefficient (Wildman–Crippen LogP) is 5.09. The summed E-state index contributed by atoms with van der Waals surface area (Å²) in [7, 11) is 0. The quantitative estimate of drug-likeness (QED) is 0.695. The third kappa shape index (κ3) is 2.88. The van der Waals surface area contributed by atoms with Gasteiger partial charge in [-0.15, -0.1) is 0 Å². The number of benzene rings is 2. The van der Waals surface area contributed by atoms with Gasteiger partial charge in [0.1, 0.15) is 5.82 Å². The molecule has 2 aromatic rings. The van der Waals surface area contributed by atoms with Gasteiger partial charge in [0.25, 0.3) is 0 Å². The highest BCUT2D eigenvalue weighted by molar-refractivity contribution is 9.10. The number of rotatable bonds is 2. The number of carbonyl (C=O) groups is 1. The zero-order valence-electron chi connectivity index (χ0n) is 10.4. The van der Waals surface area contributed by atoms with Gasteiger partial charge in [-0.05, 0) is 55.3 Å². The third-order valence-corrected chi connectivity index (χ3v) is 4.02. The number of ketones is 1. The zero-order valence-corrected chi connectivity index (χ0v) is 12.8. The maximum atomic E-state index is 13.8. The van der Waals surface area contributed by atoms with Gasteiger partial charge in [0.2, 0.25) is 0 Å². The smallest absolute Gasteiger partial charge is 0.196 e. The van der Waals surface area contributed by atoms with Crippen LogP contribution in [0.3, 0.4) is 0 Å². The molecule has 0 fully saturated rings. The highest BCUT2D eigenvalue weighted by Gasteiger charge is 2.17. The van der Waals surface area contributed by atoms with Crippen LogP contribution in [0.1, 0.15) is 27.0 Å². The van der Waals surface area contributed by atoms with Crippen molar-refractivity contribution in [3.8, 4) is 0 Å². The van der Waals surface area contributed by atoms with Crippen LogP contribution in [0.25, 0.3) is 0 Å². The van der Waals surface area contributed by atoms with Crippen LogP contribution in [-0.2, 0) is 0 Å². The Labute approximate surface area is 124 Å². The Morgan fingerprint density at radius 2 is 1.79 bits per heavy atom. The fraction of sp³-hybridized carbons (Fsp3) is 0.133. The van der Waals surface area contributed by atoms with Crippen molar-refractivity contribution < 1.29 is 9.18 Å². The van der Waals surface area contributed by atoms with Crippen LogP contribution in [0.4, 0.5) is 4.39 Å². The summed E-state index contributed by atoms with van der Waals surface area (Å²) < 4.78 is 14.7. The van der Waals surface area contributed by atoms with E-state index in [0.29, 0.717) is 5.56 Å². The lowest BCUT2D eigenvalue weighted by Gasteiger charge is -2.09. The summed E-state index contributed by atoms with van der Waals surface area (Å²) in [6.45, 7) is 3.71. The topological polar surface area (TPSA) is 17.1 Å². The fourth-order valence-corrected chi connectivity index (χ4v) is 2.46. The molecule has 0 saturated heterocycles. The van der Waals surface area contributed by atoms with E-state index in [-0.39, 0.29) is 16.4 Å². The van der Waals surface area contributed by atoms with Crippen molar-refractivity contribution in [2.75, 3.05) is 0 Å². The molecule has 0 N–H and O–H groups in total. The molecular weight excluding hydrogens is 331 g/mol. The summed E-state index contributed by atoms with van der Waals surface area (Å²) in [5.74, 6) is -0.931. The minimum Gasteiger partial charge on any atom is -0.288 e. The summed E-state index contributed by atoms with van der Waals surface area (Å²) in [6, 6.07) is 7.69. The molecule has 0 radical (unpaired) electrons. The van der Waals surface area contributed by atoms with Crippen LogP contribution in [0, 0.1) is 19.7 Å². The summed E-state index contributed by atoms with van der Waals surface area (Å²) in [6.07, 6.45) is 0. The summed E-state index contributed by atoms with van der Waals surface area (Å²) >= 11 is 9.09. The molecule has 0 aliphatic rings. The standard InChI is InChI=1S/C15H11BrClFO/c1-8-6-13(16)9(2)5-12(8)15(19)11-4-3-10(17)7-14(11)18/h3-7H,1-2H3. The molecule has 4 heteroatoms. The van der Waals surface area contributed by atoms with Crippen molar-refractivity contribution in [3.63, 3.8) is 0 Å². The molecule has 98 valence electrons. The Morgan fingerprint density at radius 3 is 2.42 bits per heavy atom. The molecule has 0 saturated carbocycles. The molecule has 1 nitrogen and oxygen atoms in total. The average Bonchev–Trinajstić information content (AvgIpc) is 2.33. The van der Waals surface area contributed by atoms with E-state index >= 15 is 0 Å². The molecule has 0 aliphatic heterocycles. The van der Waals surface area contributed by atoms with Gasteiger partial charge in [0.15, 0.2) is 5.78 Å². The van der Waals surface area contributed by atoms with Crippen molar-refractivity contribution in [2.45, 2.75) is 13.8 Å². The largest absolute Gasteiger partial charge is 0.288 e. The second-order valence-corrected chi connectivity index (χ2v) is 5.66. The van der Waals surface area contributed by atoms with E-state index in [9.17, 15) is 9.18 Å². The van der Waals surface area contributed by atoms with Crippen LogP contribution in [0.5, 0.6) is 0 Å². The van der Waals surface area contributed by atoms with Gasteiger partial charge in [0, 0.05) is 15.1 Å². The van der Waals surface area contributed by atoms with Gasteiger partial charge >= 0.3 is 0 Å². The monoisotopic (exact) mass is 340 g/mol. The van der Waals surface area contributed by atoms with E-state index in [1.54, 1.807) is 6.07 Å². The Hall–Kier alpha value is -1.19. The van der Waals surface area contributed by atoms with Crippen LogP contribution in [0.2, 0.25) is 5.02 Å². The molecular formula is C15H11BrClFO. The van der Waals surface area contributed by atoms with E-state index in [1.165, 1.54) is 12.1 Å². The number of hydrogen-bond donors (Lipinski definition) is 0. The van der Waals surface area contributed by atoms with Gasteiger partial charge in [0.05, 0.1) is 5.56 Å². The lowest BCUT2D eigenvalue weighted by Crippen LogP contribution is -2.07. The van der Waals surface area contributed by atoms with Crippen LogP contribution < -0.4 is 0 Å². The first-order valence-corrected chi connectivity index (χ1v) is 6.83. The predicted molar refractivity (Wildman–Crippen MR) is 78.5 cm³/mol. The second kappa shape index (κ2) is 5.43. The molecule has 2 aromatic carbocycles. The first kappa shape index (κ1) is 14.2. The van der Waals surface area contributed by atoms with E-state index in [2.05, 4.69) is 15.9 Å². The number of halogens is 3. The number of aryl methyl sites for hydroxylation is 2. The van der Waals surface area contributed by atoms with Crippen LogP contribution >= 0.6 is 27.5 Å². The maximum absolute atomic E-state index is 13.8. The number of hydrogen-bond acceptors (Lipinski definition) is 1. The van der Waals surface area contributed by atoms with Crippen LogP contribution in [-0.4, -0.2) is 5.78 Å². The highest BCUT2D eigenvalue weighted by atomic mass is 79.9. The molecule has 19 heavy (non-hydrogen) atoms. The average molecular weight is 342 g/mol. The van der Waals surface area contributed by atoms with Crippen molar-refractivity contribution in [2.24, 2.45) is 0 Å². The lowest BCUT2D eigenvalue weighted by molar-refractivity contribution is 0.103. The van der Waals surface area contributed by atoms with E-state index < -0.39 is 5.82 Å². The Morgan fingerprint density at radius 1 is 1.11 bits per heavy atom. The molecule has 0 amide bonds. The molecule has 0 aliphatic carbocycles. The Balaban J connectivity index is 2.53. The van der Waals surface area contributed by atoms with Gasteiger partial charge in [-0.1, -0.05) is 27.5 Å². The SMILES string of the molecule is Cc1cc(C(=O)c2ccc(Cl)cc2F)c(C)cc1Br. The van der Waals surface area contributed by atoms with Crippen LogP contribution in [0.15, 0.2) is 34.8 Å². The Kier molecular flexibility index (Phi) is 4.07. The first-order valence-electron chi connectivity index (χ1n) is 5.66. The molecule has 0 heterocycles. The van der Waals surface area contributed by atoms with Crippen molar-refractivity contribution in [3.05, 3.63) is 67.9 Å². The Bertz CT molecular complexity index is 667. The van der Waals surface area contributed by atoms with E-state index in [0.717, 1.165) is 21.7 Å². The molecule has 0 spiro atoms. The van der Waals surface area contributed by atoms with Crippen molar-refractivity contribution in [1.29, 1.82) is 0 Å². The molecule has 0 aromatic heterocycles. The minimum absolute atomic E-state index is 0.0363. The van der Waals surface area contributed by atoms with E-state index in [4.69, 9.17) is 11.6 Å². The van der Waals surface area contributed by atoms with Gasteiger partial charge in [-0.25, -0.2) is 4.39 Å². The minimum atomic E-state index is -0.600. The molecule has 2 rings (SSSR count). The zero-order chi connectivity index (χ0) is 14.2. The summed E-state index contributed by atoms with van der Waals surface area (Å²) in [5, 5.41) is 0.276. The fourth-order valence-electron chi connectivity index (χ4n) is 1.84. The third-order valence-electron chi connectivity index (χ3n) is 2.93. The summed E-state index contributed by atoms with van der Waals surface area (Å²) in [5.41, 5.74) is 2.27. The lowest BCUT2D eigenvalue weighted by atomic mass is 9.97. The molecule has 0 bridgehead atoms. The molecule has 0 atom stereocenters. The van der Waals surface area contributed by atoms with Crippen molar-refractivity contribution in [1.82, 2.24) is 0 Å². The van der Waals surface area contributed by atoms with E-state index in [1.807, 2.05) is 19.9 Å². The normalized spacial score (nSPS) is 10.6. The van der Waals surface area contributed by atoms with Gasteiger partial charge in [-0.3, -0.25) is 4.79 Å². The second-order valence-electron chi connectivity index (χ2n) is 4.37. The maximum Gasteiger partial charge on any atom is 0.196 e. The number of carbonyl (C=O) groups excluding carboxylic acids is 1. The first-order chi connectivity index (χ1) is 8.90. The molecule has 0 unspecified atom stereocenters. The van der Waals surface area contributed by atoms with Gasteiger partial charge in [-0.2, -0.15) is 0 Å². The summed E-state index contributed by atoms with van der Waals surface area (Å²) in [4.78, 5) is 12.4.